The van der Waals surface area contributed by atoms with E-state index in [9.17, 15) is 10.2 Å². The number of rotatable bonds is 2. The summed E-state index contributed by atoms with van der Waals surface area (Å²) < 4.78 is 4.74. The summed E-state index contributed by atoms with van der Waals surface area (Å²) in [4.78, 5) is 4.68. The van der Waals surface area contributed by atoms with Gasteiger partial charge in [-0.2, -0.15) is 0 Å². The van der Waals surface area contributed by atoms with Gasteiger partial charge in [-0.3, -0.25) is 0 Å². The monoisotopic (exact) mass is 216 g/mol. The highest BCUT2D eigenvalue weighted by Gasteiger charge is 2.49. The number of hydrogen-bond donors (Lipinski definition) is 3. The number of azide groups is 1. The zero-order chi connectivity index (χ0) is 11.5. The molecular weight excluding hydrogens is 208 g/mol. The minimum absolute atomic E-state index is 0.420. The molecule has 3 N–H and O–H groups in total. The summed E-state index contributed by atoms with van der Waals surface area (Å²) in [5.74, 6) is -2.25. The van der Waals surface area contributed by atoms with Crippen LogP contribution in [0, 0.1) is 0 Å². The van der Waals surface area contributed by atoms with Crippen LogP contribution >= 0.6 is 0 Å². The molecule has 82 valence electrons. The van der Waals surface area contributed by atoms with Crippen molar-refractivity contribution < 1.29 is 20.1 Å². The second-order valence-corrected chi connectivity index (χ2v) is 2.85. The van der Waals surface area contributed by atoms with Crippen LogP contribution in [0.1, 0.15) is 0 Å². The van der Waals surface area contributed by atoms with E-state index in [0.717, 1.165) is 0 Å². The van der Waals surface area contributed by atoms with Gasteiger partial charge in [0.25, 0.3) is 5.85 Å². The van der Waals surface area contributed by atoms with Gasteiger partial charge >= 0.3 is 0 Å². The van der Waals surface area contributed by atoms with Crippen molar-refractivity contribution in [1.29, 1.82) is 0 Å². The van der Waals surface area contributed by atoms with Gasteiger partial charge in [-0.1, -0.05) is 0 Å². The van der Waals surface area contributed by atoms with E-state index in [0.29, 0.717) is 0 Å². The Balaban J connectivity index is 3.08. The lowest BCUT2D eigenvalue weighted by Gasteiger charge is -2.39. The van der Waals surface area contributed by atoms with Gasteiger partial charge in [-0.05, 0) is 21.3 Å². The standard InChI is InChI=1S/C5H8N6O4/c6-10-8-5(9-11-7)4(14)3(13)2(12)1-15-5/h2-4,12-14H,1H2/t2-,3+,4-/m1/s1. The van der Waals surface area contributed by atoms with Gasteiger partial charge in [0.15, 0.2) is 0 Å². The van der Waals surface area contributed by atoms with Crippen molar-refractivity contribution in [3.63, 3.8) is 0 Å². The highest BCUT2D eigenvalue weighted by Crippen LogP contribution is 2.29. The molecule has 0 spiro atoms. The molecule has 10 nitrogen and oxygen atoms in total. The number of nitrogens with zero attached hydrogens (tertiary/aromatic N) is 6. The zero-order valence-electron chi connectivity index (χ0n) is 7.37. The summed E-state index contributed by atoms with van der Waals surface area (Å²) >= 11 is 0. The van der Waals surface area contributed by atoms with E-state index >= 15 is 0 Å². The fourth-order valence-electron chi connectivity index (χ4n) is 1.15. The highest BCUT2D eigenvalue weighted by atomic mass is 16.6. The molecule has 1 aliphatic rings. The number of hydrogen-bond acceptors (Lipinski definition) is 6. The molecule has 1 heterocycles. The van der Waals surface area contributed by atoms with Crippen molar-refractivity contribution in [2.45, 2.75) is 24.2 Å². The molecule has 0 aromatic heterocycles. The van der Waals surface area contributed by atoms with Crippen molar-refractivity contribution >= 4 is 0 Å². The van der Waals surface area contributed by atoms with Crippen molar-refractivity contribution in [2.24, 2.45) is 10.2 Å². The Morgan fingerprint density at radius 2 is 1.73 bits per heavy atom. The van der Waals surface area contributed by atoms with E-state index in [1.54, 1.807) is 0 Å². The fraction of sp³-hybridized carbons (Fsp3) is 1.00. The maximum absolute atomic E-state index is 9.46. The molecule has 0 unspecified atom stereocenters. The highest BCUT2D eigenvalue weighted by molar-refractivity contribution is 4.95. The van der Waals surface area contributed by atoms with Crippen molar-refractivity contribution in [1.82, 2.24) is 0 Å². The fourth-order valence-corrected chi connectivity index (χ4v) is 1.15. The number of ether oxygens (including phenoxy) is 1. The Kier molecular flexibility index (Phi) is 3.32. The number of aliphatic hydroxyl groups excluding tert-OH is 3. The first-order valence-corrected chi connectivity index (χ1v) is 3.88. The molecule has 0 amide bonds. The quantitative estimate of drug-likeness (QED) is 0.317. The normalized spacial score (nSPS) is 40.1. The van der Waals surface area contributed by atoms with Gasteiger partial charge in [0.2, 0.25) is 0 Å². The van der Waals surface area contributed by atoms with Crippen LogP contribution < -0.4 is 0 Å². The van der Waals surface area contributed by atoms with E-state index in [1.165, 1.54) is 0 Å². The number of aliphatic hydroxyl groups is 3. The summed E-state index contributed by atoms with van der Waals surface area (Å²) in [5.41, 5.74) is 16.4. The molecule has 0 saturated carbocycles. The topological polar surface area (TPSA) is 167 Å². The Hall–Kier alpha value is -1.54. The molecule has 0 bridgehead atoms. The maximum atomic E-state index is 9.46. The lowest BCUT2D eigenvalue weighted by Crippen LogP contribution is -2.58. The van der Waals surface area contributed by atoms with Crippen LogP contribution in [-0.2, 0) is 4.74 Å². The predicted molar refractivity (Wildman–Crippen MR) is 45.0 cm³/mol. The molecule has 1 aliphatic heterocycles. The lowest BCUT2D eigenvalue weighted by molar-refractivity contribution is -0.231. The second kappa shape index (κ2) is 4.32. The first-order valence-electron chi connectivity index (χ1n) is 3.88. The second-order valence-electron chi connectivity index (χ2n) is 2.85. The van der Waals surface area contributed by atoms with Crippen LogP contribution in [0.4, 0.5) is 0 Å². The molecule has 1 fully saturated rings. The molecule has 1 saturated heterocycles. The van der Waals surface area contributed by atoms with Crippen molar-refractivity contribution in [3.05, 3.63) is 20.9 Å². The van der Waals surface area contributed by atoms with E-state index < -0.39 is 30.8 Å². The van der Waals surface area contributed by atoms with Crippen molar-refractivity contribution in [3.8, 4) is 0 Å². The van der Waals surface area contributed by atoms with Crippen LogP contribution in [0.25, 0.3) is 20.9 Å². The van der Waals surface area contributed by atoms with Crippen LogP contribution in [0.15, 0.2) is 10.2 Å². The van der Waals surface area contributed by atoms with E-state index in [-0.39, 0.29) is 0 Å². The third kappa shape index (κ3) is 1.95. The largest absolute Gasteiger partial charge is 0.388 e. The van der Waals surface area contributed by atoms with Gasteiger partial charge in [0, 0.05) is 9.82 Å². The first-order chi connectivity index (χ1) is 7.07. The maximum Gasteiger partial charge on any atom is 0.254 e. The first kappa shape index (κ1) is 11.5. The van der Waals surface area contributed by atoms with Gasteiger partial charge in [-0.15, -0.1) is 0 Å². The summed E-state index contributed by atoms with van der Waals surface area (Å²) in [6.07, 6.45) is -4.78. The third-order valence-corrected chi connectivity index (χ3v) is 1.95. The summed E-state index contributed by atoms with van der Waals surface area (Å²) in [6, 6.07) is 0. The van der Waals surface area contributed by atoms with E-state index in [4.69, 9.17) is 20.9 Å². The zero-order valence-corrected chi connectivity index (χ0v) is 7.37. The molecular formula is C5H8N6O4. The molecule has 15 heavy (non-hydrogen) atoms. The smallest absolute Gasteiger partial charge is 0.254 e. The Morgan fingerprint density at radius 3 is 2.20 bits per heavy atom. The van der Waals surface area contributed by atoms with E-state index in [2.05, 4.69) is 20.1 Å². The predicted octanol–water partition coefficient (Wildman–Crippen LogP) is -0.626. The molecule has 0 radical (unpaired) electrons. The van der Waals surface area contributed by atoms with Crippen LogP contribution in [-0.4, -0.2) is 46.1 Å². The lowest BCUT2D eigenvalue weighted by atomic mass is 10.0. The molecule has 3 atom stereocenters. The summed E-state index contributed by atoms with van der Waals surface area (Å²) in [7, 11) is 0. The van der Waals surface area contributed by atoms with Gasteiger partial charge in [0.05, 0.1) is 6.61 Å². The molecule has 0 aliphatic carbocycles. The molecule has 1 rings (SSSR count). The summed E-state index contributed by atoms with van der Waals surface area (Å²) in [5, 5.41) is 33.8. The molecule has 10 heteroatoms. The van der Waals surface area contributed by atoms with E-state index in [1.807, 2.05) is 0 Å². The van der Waals surface area contributed by atoms with Crippen molar-refractivity contribution in [2.75, 3.05) is 6.61 Å². The molecule has 0 aromatic carbocycles. The minimum atomic E-state index is -2.25. The van der Waals surface area contributed by atoms with Gasteiger partial charge in [0.1, 0.15) is 18.3 Å². The van der Waals surface area contributed by atoms with Crippen LogP contribution in [0.5, 0.6) is 0 Å². The van der Waals surface area contributed by atoms with Gasteiger partial charge < -0.3 is 20.1 Å². The minimum Gasteiger partial charge on any atom is -0.388 e. The average molecular weight is 216 g/mol. The SMILES string of the molecule is [N-]=[N+]=NC1(N=[N+]=[N-])OC[C@@H](O)[C@H](O)[C@H]1O. The van der Waals surface area contributed by atoms with Gasteiger partial charge in [-0.25, -0.2) is 0 Å². The average Bonchev–Trinajstić information content (AvgIpc) is 2.22. The Morgan fingerprint density at radius 1 is 1.20 bits per heavy atom. The summed E-state index contributed by atoms with van der Waals surface area (Å²) in [6.45, 7) is -0.420. The Labute approximate surface area is 83.0 Å². The Bertz CT molecular complexity index is 316. The van der Waals surface area contributed by atoms with Crippen LogP contribution in [0.2, 0.25) is 0 Å². The third-order valence-electron chi connectivity index (χ3n) is 1.95. The van der Waals surface area contributed by atoms with Crippen LogP contribution in [0.3, 0.4) is 0 Å². The molecule has 0 aromatic rings.